The maximum absolute atomic E-state index is 14.0. The van der Waals surface area contributed by atoms with Gasteiger partial charge in [0, 0.05) is 16.5 Å². The van der Waals surface area contributed by atoms with Crippen LogP contribution in [0, 0.1) is 5.82 Å². The van der Waals surface area contributed by atoms with E-state index in [4.69, 9.17) is 4.74 Å². The maximum atomic E-state index is 14.0. The molecule has 1 aliphatic rings. The van der Waals surface area contributed by atoms with Gasteiger partial charge in [-0.3, -0.25) is 20.2 Å². The first-order chi connectivity index (χ1) is 12.9. The Balaban J connectivity index is 1.98. The van der Waals surface area contributed by atoms with Crippen LogP contribution in [0.25, 0.3) is 6.08 Å². The van der Waals surface area contributed by atoms with Crippen LogP contribution in [0.4, 0.5) is 9.18 Å². The maximum Gasteiger partial charge on any atom is 0.328 e. The lowest BCUT2D eigenvalue weighted by Crippen LogP contribution is -2.51. The predicted molar refractivity (Wildman–Crippen MR) is 99.6 cm³/mol. The van der Waals surface area contributed by atoms with Gasteiger partial charge in [0.05, 0.1) is 7.11 Å². The number of imide groups is 2. The van der Waals surface area contributed by atoms with E-state index in [0.29, 0.717) is 27.8 Å². The summed E-state index contributed by atoms with van der Waals surface area (Å²) in [4.78, 5) is 34.9. The molecule has 2 aromatic rings. The molecule has 138 valence electrons. The van der Waals surface area contributed by atoms with Gasteiger partial charge in [0.25, 0.3) is 11.8 Å². The van der Waals surface area contributed by atoms with Crippen LogP contribution < -0.4 is 15.4 Å². The lowest BCUT2D eigenvalue weighted by atomic mass is 10.0. The minimum Gasteiger partial charge on any atom is -0.496 e. The Bertz CT molecular complexity index is 966. The standard InChI is InChI=1S/C19H14BrFN2O4/c1-27-16-8-10(6-13-17(24)22-19(26)23-18(13)25)7-14(20)12(16)9-11-4-2-3-5-15(11)21/h2-8H,9H2,1H3,(H2,22,23,24,25,26). The van der Waals surface area contributed by atoms with Gasteiger partial charge >= 0.3 is 6.03 Å². The van der Waals surface area contributed by atoms with Crippen molar-refractivity contribution in [3.8, 4) is 5.75 Å². The van der Waals surface area contributed by atoms with Crippen molar-refractivity contribution in [2.24, 2.45) is 0 Å². The molecule has 1 heterocycles. The van der Waals surface area contributed by atoms with Crippen LogP contribution in [0.5, 0.6) is 5.75 Å². The molecule has 8 heteroatoms. The third kappa shape index (κ3) is 4.06. The summed E-state index contributed by atoms with van der Waals surface area (Å²) in [5.74, 6) is -1.42. The van der Waals surface area contributed by atoms with Gasteiger partial charge in [-0.1, -0.05) is 34.1 Å². The van der Waals surface area contributed by atoms with Crippen LogP contribution >= 0.6 is 15.9 Å². The molecular formula is C19H14BrFN2O4. The van der Waals surface area contributed by atoms with Crippen LogP contribution in [0.3, 0.4) is 0 Å². The zero-order valence-electron chi connectivity index (χ0n) is 14.1. The first kappa shape index (κ1) is 18.8. The van der Waals surface area contributed by atoms with Crippen molar-refractivity contribution in [1.82, 2.24) is 10.6 Å². The Morgan fingerprint density at radius 1 is 1.11 bits per heavy atom. The van der Waals surface area contributed by atoms with E-state index in [1.165, 1.54) is 19.3 Å². The summed E-state index contributed by atoms with van der Waals surface area (Å²) in [6.45, 7) is 0. The smallest absolute Gasteiger partial charge is 0.328 e. The number of nitrogens with one attached hydrogen (secondary N) is 2. The highest BCUT2D eigenvalue weighted by molar-refractivity contribution is 9.10. The number of carbonyl (C=O) groups is 3. The second kappa shape index (κ2) is 7.71. The molecule has 2 N–H and O–H groups in total. The Morgan fingerprint density at radius 3 is 2.41 bits per heavy atom. The fourth-order valence-corrected chi connectivity index (χ4v) is 3.27. The lowest BCUT2D eigenvalue weighted by Gasteiger charge is -2.15. The predicted octanol–water partition coefficient (Wildman–Crippen LogP) is 2.94. The highest BCUT2D eigenvalue weighted by Crippen LogP contribution is 2.32. The van der Waals surface area contributed by atoms with Gasteiger partial charge in [0.1, 0.15) is 17.1 Å². The Morgan fingerprint density at radius 2 is 1.78 bits per heavy atom. The molecule has 1 fully saturated rings. The Labute approximate surface area is 162 Å². The average Bonchev–Trinajstić information content (AvgIpc) is 2.61. The zero-order valence-corrected chi connectivity index (χ0v) is 15.7. The average molecular weight is 433 g/mol. The molecule has 0 bridgehead atoms. The quantitative estimate of drug-likeness (QED) is 0.574. The summed E-state index contributed by atoms with van der Waals surface area (Å²) in [7, 11) is 1.47. The molecule has 6 nitrogen and oxygen atoms in total. The fourth-order valence-electron chi connectivity index (χ4n) is 2.67. The van der Waals surface area contributed by atoms with E-state index >= 15 is 0 Å². The van der Waals surface area contributed by atoms with Gasteiger partial charge in [0.15, 0.2) is 0 Å². The van der Waals surface area contributed by atoms with Crippen molar-refractivity contribution >= 4 is 39.9 Å². The third-order valence-electron chi connectivity index (χ3n) is 3.98. The summed E-state index contributed by atoms with van der Waals surface area (Å²) in [5, 5.41) is 4.02. The number of hydrogen-bond acceptors (Lipinski definition) is 4. The number of hydrogen-bond donors (Lipinski definition) is 2. The number of urea groups is 1. The number of rotatable bonds is 4. The van der Waals surface area contributed by atoms with Gasteiger partial charge in [0.2, 0.25) is 0 Å². The highest BCUT2D eigenvalue weighted by Gasteiger charge is 2.27. The molecule has 0 aromatic heterocycles. The van der Waals surface area contributed by atoms with E-state index in [2.05, 4.69) is 15.9 Å². The van der Waals surface area contributed by atoms with Crippen LogP contribution in [0.2, 0.25) is 0 Å². The second-order valence-electron chi connectivity index (χ2n) is 5.75. The van der Waals surface area contributed by atoms with E-state index in [-0.39, 0.29) is 11.4 Å². The number of barbiturate groups is 1. The molecule has 0 saturated carbocycles. The molecule has 0 unspecified atom stereocenters. The molecule has 4 amide bonds. The van der Waals surface area contributed by atoms with E-state index in [9.17, 15) is 18.8 Å². The highest BCUT2D eigenvalue weighted by atomic mass is 79.9. The molecule has 0 aliphatic carbocycles. The first-order valence-corrected chi connectivity index (χ1v) is 8.66. The third-order valence-corrected chi connectivity index (χ3v) is 4.68. The van der Waals surface area contributed by atoms with Crippen molar-refractivity contribution in [3.63, 3.8) is 0 Å². The zero-order chi connectivity index (χ0) is 19.6. The van der Waals surface area contributed by atoms with Gasteiger partial charge in [-0.2, -0.15) is 0 Å². The number of amides is 4. The summed E-state index contributed by atoms with van der Waals surface area (Å²) < 4.78 is 20.0. The summed E-state index contributed by atoms with van der Waals surface area (Å²) in [6.07, 6.45) is 1.64. The second-order valence-corrected chi connectivity index (χ2v) is 6.60. The van der Waals surface area contributed by atoms with Crippen molar-refractivity contribution in [1.29, 1.82) is 0 Å². The van der Waals surface area contributed by atoms with E-state index in [1.54, 1.807) is 30.3 Å². The molecule has 1 saturated heterocycles. The molecule has 1 aliphatic heterocycles. The van der Waals surface area contributed by atoms with Crippen LogP contribution in [-0.2, 0) is 16.0 Å². The van der Waals surface area contributed by atoms with E-state index < -0.39 is 17.8 Å². The Kier molecular flexibility index (Phi) is 5.36. The summed E-state index contributed by atoms with van der Waals surface area (Å²) in [5.41, 5.74) is 1.53. The molecule has 3 rings (SSSR count). The monoisotopic (exact) mass is 432 g/mol. The number of ether oxygens (including phenoxy) is 1. The molecule has 27 heavy (non-hydrogen) atoms. The van der Waals surface area contributed by atoms with Crippen molar-refractivity contribution in [2.45, 2.75) is 6.42 Å². The Hall–Kier alpha value is -3.00. The minimum atomic E-state index is -0.860. The van der Waals surface area contributed by atoms with Crippen LogP contribution in [-0.4, -0.2) is 25.0 Å². The molecule has 0 radical (unpaired) electrons. The normalized spacial score (nSPS) is 13.9. The number of benzene rings is 2. The topological polar surface area (TPSA) is 84.5 Å². The van der Waals surface area contributed by atoms with Gasteiger partial charge in [-0.05, 0) is 35.4 Å². The van der Waals surface area contributed by atoms with Crippen molar-refractivity contribution in [3.05, 3.63) is 69.0 Å². The van der Waals surface area contributed by atoms with E-state index in [1.807, 2.05) is 10.6 Å². The molecule has 2 aromatic carbocycles. The number of carbonyl (C=O) groups excluding carboxylic acids is 3. The van der Waals surface area contributed by atoms with Gasteiger partial charge in [-0.25, -0.2) is 9.18 Å². The van der Waals surface area contributed by atoms with Crippen LogP contribution in [0.15, 0.2) is 46.4 Å². The summed E-state index contributed by atoms with van der Waals surface area (Å²) >= 11 is 3.44. The molecular weight excluding hydrogens is 419 g/mol. The number of halogens is 2. The first-order valence-electron chi connectivity index (χ1n) is 7.87. The minimum absolute atomic E-state index is 0.203. The lowest BCUT2D eigenvalue weighted by molar-refractivity contribution is -0.123. The SMILES string of the molecule is COc1cc(C=C2C(=O)NC(=O)NC2=O)cc(Br)c1Cc1ccccc1F. The summed E-state index contributed by atoms with van der Waals surface area (Å²) in [6, 6.07) is 8.89. The van der Waals surface area contributed by atoms with Crippen molar-refractivity contribution in [2.75, 3.05) is 7.11 Å². The van der Waals surface area contributed by atoms with E-state index in [0.717, 1.165) is 5.56 Å². The number of methoxy groups -OCH3 is 1. The van der Waals surface area contributed by atoms with Crippen molar-refractivity contribution < 1.29 is 23.5 Å². The van der Waals surface area contributed by atoms with Gasteiger partial charge in [-0.15, -0.1) is 0 Å². The molecule has 0 spiro atoms. The van der Waals surface area contributed by atoms with Gasteiger partial charge < -0.3 is 4.74 Å². The largest absolute Gasteiger partial charge is 0.496 e. The molecule has 0 atom stereocenters. The van der Waals surface area contributed by atoms with Crippen LogP contribution in [0.1, 0.15) is 16.7 Å². The fraction of sp³-hybridized carbons (Fsp3) is 0.105.